The summed E-state index contributed by atoms with van der Waals surface area (Å²) < 4.78 is 29.4. The number of nitrogens with zero attached hydrogens (tertiary/aromatic N) is 3. The van der Waals surface area contributed by atoms with Gasteiger partial charge in [0.15, 0.2) is 11.2 Å². The minimum atomic E-state index is -0.530. The van der Waals surface area contributed by atoms with E-state index in [-0.39, 0.29) is 28.6 Å². The lowest BCUT2D eigenvalue weighted by molar-refractivity contribution is -0.113. The highest BCUT2D eigenvalue weighted by molar-refractivity contribution is 7.99. The lowest BCUT2D eigenvalue weighted by atomic mass is 10.2. The van der Waals surface area contributed by atoms with Crippen LogP contribution in [0.5, 0.6) is 11.5 Å². The number of hydrogen-bond donors (Lipinski definition) is 1. The Kier molecular flexibility index (Phi) is 7.20. The Hall–Kier alpha value is -3.44. The van der Waals surface area contributed by atoms with E-state index in [1.165, 1.54) is 35.6 Å². The van der Waals surface area contributed by atoms with Crippen LogP contribution in [0.2, 0.25) is 0 Å². The van der Waals surface area contributed by atoms with Gasteiger partial charge in [0.05, 0.1) is 18.6 Å². The lowest BCUT2D eigenvalue weighted by Gasteiger charge is -2.10. The Morgan fingerprint density at radius 1 is 1.15 bits per heavy atom. The van der Waals surface area contributed by atoms with Gasteiger partial charge in [-0.3, -0.25) is 4.79 Å². The van der Waals surface area contributed by atoms with Crippen LogP contribution >= 0.6 is 23.1 Å². The topological polar surface area (TPSA) is 99.4 Å². The van der Waals surface area contributed by atoms with E-state index in [0.29, 0.717) is 10.9 Å². The predicted octanol–water partition coefficient (Wildman–Crippen LogP) is 5.21. The molecule has 1 amide bonds. The molecule has 11 heteroatoms. The average molecular weight is 487 g/mol. The van der Waals surface area contributed by atoms with E-state index in [1.54, 1.807) is 14.0 Å². The maximum Gasteiger partial charge on any atom is 0.277 e. The summed E-state index contributed by atoms with van der Waals surface area (Å²) in [4.78, 5) is 16.7. The van der Waals surface area contributed by atoms with Crippen molar-refractivity contribution < 1.29 is 23.1 Å². The Labute approximate surface area is 197 Å². The summed E-state index contributed by atoms with van der Waals surface area (Å²) in [6.45, 7) is 1.74. The molecule has 0 radical (unpaired) electrons. The van der Waals surface area contributed by atoms with E-state index >= 15 is 0 Å². The summed E-state index contributed by atoms with van der Waals surface area (Å²) in [5, 5.41) is 13.3. The molecule has 4 rings (SSSR count). The van der Waals surface area contributed by atoms with Crippen LogP contribution < -0.4 is 14.8 Å². The normalized spacial score (nSPS) is 11.7. The van der Waals surface area contributed by atoms with E-state index in [9.17, 15) is 9.18 Å². The monoisotopic (exact) mass is 486 g/mol. The second-order valence-corrected chi connectivity index (χ2v) is 8.51. The number of anilines is 1. The highest BCUT2D eigenvalue weighted by atomic mass is 32.2. The summed E-state index contributed by atoms with van der Waals surface area (Å²) in [5.74, 6) is 0.983. The zero-order valence-electron chi connectivity index (χ0n) is 17.6. The molecule has 4 aromatic rings. The van der Waals surface area contributed by atoms with Crippen LogP contribution in [0, 0.1) is 5.82 Å². The smallest absolute Gasteiger partial charge is 0.277 e. The Balaban J connectivity index is 1.27. The van der Waals surface area contributed by atoms with Crippen molar-refractivity contribution in [2.24, 2.45) is 0 Å². The summed E-state index contributed by atoms with van der Waals surface area (Å²) in [5.41, 5.74) is 1.69. The highest BCUT2D eigenvalue weighted by Gasteiger charge is 2.17. The molecule has 0 aliphatic carbocycles. The molecule has 0 unspecified atom stereocenters. The molecule has 0 fully saturated rings. The van der Waals surface area contributed by atoms with Crippen molar-refractivity contribution in [2.75, 3.05) is 18.2 Å². The highest BCUT2D eigenvalue weighted by Crippen LogP contribution is 2.27. The third-order valence-corrected chi connectivity index (χ3v) is 5.94. The second-order valence-electron chi connectivity index (χ2n) is 6.72. The van der Waals surface area contributed by atoms with Gasteiger partial charge < -0.3 is 19.2 Å². The zero-order chi connectivity index (χ0) is 23.2. The number of amides is 1. The third-order valence-electron chi connectivity index (χ3n) is 4.36. The number of carbonyl (C=O) groups is 1. The first-order chi connectivity index (χ1) is 16.0. The number of methoxy groups -OCH3 is 1. The fourth-order valence-electron chi connectivity index (χ4n) is 2.72. The van der Waals surface area contributed by atoms with Gasteiger partial charge in [0, 0.05) is 10.9 Å². The minimum absolute atomic E-state index is 0.0757. The molecule has 170 valence electrons. The molecular weight excluding hydrogens is 467 g/mol. The number of ether oxygens (including phenoxy) is 2. The third kappa shape index (κ3) is 6.08. The molecule has 2 aromatic heterocycles. The zero-order valence-corrected chi connectivity index (χ0v) is 19.3. The van der Waals surface area contributed by atoms with Crippen molar-refractivity contribution in [3.63, 3.8) is 0 Å². The lowest BCUT2D eigenvalue weighted by Crippen LogP contribution is -2.13. The van der Waals surface area contributed by atoms with Crippen molar-refractivity contribution in [1.82, 2.24) is 15.2 Å². The van der Waals surface area contributed by atoms with Crippen LogP contribution in [0.4, 0.5) is 9.52 Å². The Bertz CT molecular complexity index is 1210. The van der Waals surface area contributed by atoms with Gasteiger partial charge in [-0.05, 0) is 55.5 Å². The molecular formula is C22H19FN4O4S2. The first kappa shape index (κ1) is 22.7. The van der Waals surface area contributed by atoms with Crippen LogP contribution in [0.1, 0.15) is 18.9 Å². The number of halogens is 1. The average Bonchev–Trinajstić information content (AvgIpc) is 3.49. The van der Waals surface area contributed by atoms with Crippen molar-refractivity contribution >= 4 is 34.1 Å². The number of aromatic nitrogens is 3. The molecule has 0 saturated carbocycles. The SMILES string of the molecule is COc1ccc(-c2csc(NC(=O)CSc3nnc([C@@H](C)Oc4ccc(F)cc4)o3)n2)cc1. The molecule has 2 heterocycles. The van der Waals surface area contributed by atoms with Gasteiger partial charge in [0.2, 0.25) is 5.91 Å². The summed E-state index contributed by atoms with van der Waals surface area (Å²) >= 11 is 2.45. The van der Waals surface area contributed by atoms with Gasteiger partial charge in [-0.2, -0.15) is 0 Å². The van der Waals surface area contributed by atoms with Crippen molar-refractivity contribution in [1.29, 1.82) is 0 Å². The molecule has 8 nitrogen and oxygen atoms in total. The number of hydrogen-bond acceptors (Lipinski definition) is 9. The summed E-state index contributed by atoms with van der Waals surface area (Å²) in [7, 11) is 1.61. The van der Waals surface area contributed by atoms with E-state index in [0.717, 1.165) is 28.8 Å². The Morgan fingerprint density at radius 3 is 2.61 bits per heavy atom. The summed E-state index contributed by atoms with van der Waals surface area (Å²) in [6.07, 6.45) is -0.530. The van der Waals surface area contributed by atoms with Crippen LogP contribution in [0.15, 0.2) is 63.6 Å². The molecule has 0 bridgehead atoms. The molecule has 0 saturated heterocycles. The van der Waals surface area contributed by atoms with Gasteiger partial charge in [-0.1, -0.05) is 11.8 Å². The van der Waals surface area contributed by atoms with Crippen LogP contribution in [0.25, 0.3) is 11.3 Å². The number of thiazole rings is 1. The largest absolute Gasteiger partial charge is 0.497 e. The molecule has 33 heavy (non-hydrogen) atoms. The second kappa shape index (κ2) is 10.5. The van der Waals surface area contributed by atoms with Crippen LogP contribution in [-0.4, -0.2) is 34.0 Å². The maximum absolute atomic E-state index is 13.0. The van der Waals surface area contributed by atoms with Crippen LogP contribution in [0.3, 0.4) is 0 Å². The van der Waals surface area contributed by atoms with Gasteiger partial charge in [0.25, 0.3) is 11.1 Å². The van der Waals surface area contributed by atoms with Gasteiger partial charge in [-0.15, -0.1) is 21.5 Å². The number of nitrogens with one attached hydrogen (secondary N) is 1. The molecule has 0 aliphatic heterocycles. The molecule has 1 N–H and O–H groups in total. The van der Waals surface area contributed by atoms with E-state index in [4.69, 9.17) is 13.9 Å². The van der Waals surface area contributed by atoms with Crippen molar-refractivity contribution in [3.8, 4) is 22.8 Å². The number of benzene rings is 2. The number of carbonyl (C=O) groups excluding carboxylic acids is 1. The summed E-state index contributed by atoms with van der Waals surface area (Å²) in [6, 6.07) is 13.2. The maximum atomic E-state index is 13.0. The first-order valence-corrected chi connectivity index (χ1v) is 11.6. The van der Waals surface area contributed by atoms with Crippen molar-refractivity contribution in [3.05, 3.63) is 65.6 Å². The van der Waals surface area contributed by atoms with Crippen LogP contribution in [-0.2, 0) is 4.79 Å². The van der Waals surface area contributed by atoms with E-state index in [2.05, 4.69) is 20.5 Å². The van der Waals surface area contributed by atoms with Gasteiger partial charge in [0.1, 0.15) is 17.3 Å². The standard InChI is InChI=1S/C22H19FN4O4S2/c1-13(30-17-9-5-15(23)6-10-17)20-26-27-22(31-20)33-12-19(28)25-21-24-18(11-32-21)14-3-7-16(29-2)8-4-14/h3-11,13H,12H2,1-2H3,(H,24,25,28)/t13-/m1/s1. The molecule has 0 spiro atoms. The first-order valence-electron chi connectivity index (χ1n) is 9.78. The fraction of sp³-hybridized carbons (Fsp3) is 0.182. The van der Waals surface area contributed by atoms with Gasteiger partial charge in [-0.25, -0.2) is 9.37 Å². The van der Waals surface area contributed by atoms with Crippen molar-refractivity contribution in [2.45, 2.75) is 18.3 Å². The minimum Gasteiger partial charge on any atom is -0.497 e. The fourth-order valence-corrected chi connectivity index (χ4v) is 4.02. The molecule has 0 aliphatic rings. The van der Waals surface area contributed by atoms with E-state index < -0.39 is 6.10 Å². The molecule has 1 atom stereocenters. The molecule has 2 aromatic carbocycles. The Morgan fingerprint density at radius 2 is 1.88 bits per heavy atom. The predicted molar refractivity (Wildman–Crippen MR) is 123 cm³/mol. The number of rotatable bonds is 9. The van der Waals surface area contributed by atoms with Gasteiger partial charge >= 0.3 is 0 Å². The quantitative estimate of drug-likeness (QED) is 0.322. The number of thioether (sulfide) groups is 1. The van der Waals surface area contributed by atoms with E-state index in [1.807, 2.05) is 29.6 Å².